The predicted octanol–water partition coefficient (Wildman–Crippen LogP) is 6.84. The van der Waals surface area contributed by atoms with Crippen molar-refractivity contribution >= 4 is 80.7 Å². The first-order valence-electron chi connectivity index (χ1n) is 13.2. The maximum Gasteiger partial charge on any atom is 0.331 e. The lowest BCUT2D eigenvalue weighted by molar-refractivity contribution is -0.127. The first kappa shape index (κ1) is 28.1. The standard InChI is InChI=1S/C30H26ClN5O4S2/c1-16-13-20(40-19-8-4-3-5-9-19)14-22(41)25(16)36-21-10-11-32-28-23(21)24(34-30(36)39)26(42-28)27(37)33-18-7-6-12-35(15-18)29(38)17(2)31/h3-5,8-11,13-14,18,41H,2,6-7,12,15H2,1H3,(H,33,37)(H,34,39)/t18-/m1/s1. The first-order valence-corrected chi connectivity index (χ1v) is 14.9. The number of anilines is 3. The van der Waals surface area contributed by atoms with E-state index >= 15 is 0 Å². The van der Waals surface area contributed by atoms with Crippen molar-refractivity contribution in [2.24, 2.45) is 0 Å². The average Bonchev–Trinajstić information content (AvgIpc) is 3.34. The maximum absolute atomic E-state index is 13.7. The van der Waals surface area contributed by atoms with E-state index in [4.69, 9.17) is 29.0 Å². The number of amides is 4. The number of likely N-dealkylation sites (tertiary alicyclic amines) is 1. The van der Waals surface area contributed by atoms with E-state index in [0.29, 0.717) is 68.1 Å². The Kier molecular flexibility index (Phi) is 7.56. The predicted molar refractivity (Wildman–Crippen MR) is 168 cm³/mol. The van der Waals surface area contributed by atoms with Gasteiger partial charge < -0.3 is 20.3 Å². The van der Waals surface area contributed by atoms with Crippen LogP contribution in [0.4, 0.5) is 21.9 Å². The lowest BCUT2D eigenvalue weighted by Gasteiger charge is -2.33. The first-order chi connectivity index (χ1) is 20.2. The molecular weight excluding hydrogens is 594 g/mol. The number of nitrogens with one attached hydrogen (secondary N) is 2. The molecule has 2 aliphatic rings. The van der Waals surface area contributed by atoms with E-state index in [0.717, 1.165) is 12.0 Å². The summed E-state index contributed by atoms with van der Waals surface area (Å²) < 4.78 is 5.99. The molecule has 4 aromatic rings. The van der Waals surface area contributed by atoms with Crippen molar-refractivity contribution in [3.63, 3.8) is 0 Å². The van der Waals surface area contributed by atoms with Gasteiger partial charge in [-0.05, 0) is 55.7 Å². The largest absolute Gasteiger partial charge is 0.457 e. The van der Waals surface area contributed by atoms with Gasteiger partial charge in [-0.25, -0.2) is 9.78 Å². The summed E-state index contributed by atoms with van der Waals surface area (Å²) in [6.45, 7) is 6.29. The normalized spacial score (nSPS) is 16.3. The highest BCUT2D eigenvalue weighted by Gasteiger charge is 2.35. The number of aromatic nitrogens is 1. The van der Waals surface area contributed by atoms with Crippen LogP contribution in [0.1, 0.15) is 28.1 Å². The van der Waals surface area contributed by atoms with Crippen molar-refractivity contribution in [1.29, 1.82) is 0 Å². The molecule has 12 heteroatoms. The van der Waals surface area contributed by atoms with Gasteiger partial charge in [0.2, 0.25) is 0 Å². The fourth-order valence-corrected chi connectivity index (χ4v) is 6.92. The number of nitrogens with zero attached hydrogens (tertiary/aromatic N) is 3. The van der Waals surface area contributed by atoms with Crippen molar-refractivity contribution in [2.75, 3.05) is 23.3 Å². The number of halogens is 1. The van der Waals surface area contributed by atoms with Crippen LogP contribution in [0.3, 0.4) is 0 Å². The molecule has 2 aliphatic heterocycles. The Morgan fingerprint density at radius 1 is 1.21 bits per heavy atom. The molecule has 1 fully saturated rings. The third kappa shape index (κ3) is 5.19. The molecule has 0 radical (unpaired) electrons. The van der Waals surface area contributed by atoms with E-state index in [9.17, 15) is 14.4 Å². The molecule has 42 heavy (non-hydrogen) atoms. The molecule has 2 aromatic heterocycles. The number of carbonyl (C=O) groups is 3. The van der Waals surface area contributed by atoms with Gasteiger partial charge in [-0.15, -0.1) is 24.0 Å². The smallest absolute Gasteiger partial charge is 0.331 e. The molecule has 0 unspecified atom stereocenters. The van der Waals surface area contributed by atoms with Crippen LogP contribution in [-0.2, 0) is 4.79 Å². The monoisotopic (exact) mass is 619 g/mol. The van der Waals surface area contributed by atoms with Gasteiger partial charge in [-0.1, -0.05) is 36.4 Å². The number of carbonyl (C=O) groups excluding carboxylic acids is 3. The van der Waals surface area contributed by atoms with Gasteiger partial charge in [0.1, 0.15) is 21.2 Å². The summed E-state index contributed by atoms with van der Waals surface area (Å²) in [4.78, 5) is 48.6. The molecule has 0 aliphatic carbocycles. The zero-order chi connectivity index (χ0) is 29.5. The number of pyridine rings is 1. The van der Waals surface area contributed by atoms with Crippen molar-refractivity contribution in [3.05, 3.63) is 76.8 Å². The molecule has 2 aromatic carbocycles. The van der Waals surface area contributed by atoms with Gasteiger partial charge in [0.25, 0.3) is 11.8 Å². The summed E-state index contributed by atoms with van der Waals surface area (Å²) in [6, 6.07) is 14.1. The van der Waals surface area contributed by atoms with Gasteiger partial charge >= 0.3 is 6.03 Å². The van der Waals surface area contributed by atoms with Gasteiger partial charge in [0.05, 0.1) is 27.5 Å². The van der Waals surface area contributed by atoms with Crippen LogP contribution < -0.4 is 20.3 Å². The Bertz CT molecular complexity index is 1740. The summed E-state index contributed by atoms with van der Waals surface area (Å²) in [5, 5.41) is 6.57. The second kappa shape index (κ2) is 11.3. The van der Waals surface area contributed by atoms with Gasteiger partial charge in [0, 0.05) is 30.2 Å². The number of urea groups is 1. The number of thiophene rings is 1. The summed E-state index contributed by atoms with van der Waals surface area (Å²) in [6.07, 6.45) is 3.05. The van der Waals surface area contributed by atoms with Crippen molar-refractivity contribution in [1.82, 2.24) is 15.2 Å². The lowest BCUT2D eigenvalue weighted by atomic mass is 10.1. The number of ether oxygens (including phenoxy) is 1. The van der Waals surface area contributed by atoms with Crippen molar-refractivity contribution in [2.45, 2.75) is 30.7 Å². The summed E-state index contributed by atoms with van der Waals surface area (Å²) >= 11 is 11.7. The Hall–Kier alpha value is -4.06. The van der Waals surface area contributed by atoms with Crippen LogP contribution in [-0.4, -0.2) is 46.9 Å². The topological polar surface area (TPSA) is 104 Å². The van der Waals surface area contributed by atoms with Gasteiger partial charge in [0.15, 0.2) is 0 Å². The Labute approximate surface area is 256 Å². The number of piperidine rings is 1. The fraction of sp³-hybridized carbons (Fsp3) is 0.200. The van der Waals surface area contributed by atoms with Gasteiger partial charge in [-0.3, -0.25) is 14.5 Å². The van der Waals surface area contributed by atoms with Crippen LogP contribution in [0.15, 0.2) is 71.2 Å². The molecule has 6 rings (SSSR count). The highest BCUT2D eigenvalue weighted by molar-refractivity contribution is 7.80. The highest BCUT2D eigenvalue weighted by Crippen LogP contribution is 2.48. The molecular formula is C30H26ClN5O4S2. The summed E-state index contributed by atoms with van der Waals surface area (Å²) in [5.74, 6) is 0.602. The fourth-order valence-electron chi connectivity index (χ4n) is 5.37. The molecule has 0 spiro atoms. The number of aryl methyl sites for hydroxylation is 1. The Balaban J connectivity index is 1.31. The molecule has 0 saturated carbocycles. The van der Waals surface area contributed by atoms with E-state index in [1.165, 1.54) is 11.3 Å². The third-order valence-electron chi connectivity index (χ3n) is 7.18. The second-order valence-corrected chi connectivity index (χ2v) is 12.0. The minimum absolute atomic E-state index is 0.0558. The van der Waals surface area contributed by atoms with E-state index < -0.39 is 6.03 Å². The van der Waals surface area contributed by atoms with E-state index in [-0.39, 0.29) is 22.9 Å². The van der Waals surface area contributed by atoms with E-state index in [1.54, 1.807) is 28.1 Å². The third-order valence-corrected chi connectivity index (χ3v) is 8.78. The molecule has 1 saturated heterocycles. The van der Waals surface area contributed by atoms with E-state index in [2.05, 4.69) is 22.2 Å². The highest BCUT2D eigenvalue weighted by atomic mass is 35.5. The lowest BCUT2D eigenvalue weighted by Crippen LogP contribution is -2.49. The number of hydrogen-bond acceptors (Lipinski definition) is 7. The van der Waals surface area contributed by atoms with Crippen LogP contribution in [0.5, 0.6) is 11.5 Å². The van der Waals surface area contributed by atoms with Crippen LogP contribution in [0, 0.1) is 6.92 Å². The average molecular weight is 620 g/mol. The quantitative estimate of drug-likeness (QED) is 0.162. The second-order valence-electron chi connectivity index (χ2n) is 10.1. The van der Waals surface area contributed by atoms with Gasteiger partial charge in [-0.2, -0.15) is 0 Å². The zero-order valence-electron chi connectivity index (χ0n) is 22.5. The molecule has 214 valence electrons. The summed E-state index contributed by atoms with van der Waals surface area (Å²) in [7, 11) is 0. The molecule has 9 nitrogen and oxygen atoms in total. The SMILES string of the molecule is C=C(Cl)C(=O)N1CCC[C@@H](NC(=O)c2sc3nccc4c3c2NC(=O)N4c2c(C)cc(Oc3ccccc3)cc2S)C1. The van der Waals surface area contributed by atoms with E-state index in [1.807, 2.05) is 43.3 Å². The molecule has 2 N–H and O–H groups in total. The maximum atomic E-state index is 13.7. The van der Waals surface area contributed by atoms with Crippen LogP contribution in [0.2, 0.25) is 0 Å². The van der Waals surface area contributed by atoms with Crippen molar-refractivity contribution < 1.29 is 19.1 Å². The Morgan fingerprint density at radius 3 is 2.74 bits per heavy atom. The number of para-hydroxylation sites is 1. The minimum atomic E-state index is -0.423. The number of thiol groups is 1. The molecule has 4 amide bonds. The minimum Gasteiger partial charge on any atom is -0.457 e. The number of benzene rings is 2. The number of rotatable bonds is 6. The van der Waals surface area contributed by atoms with Crippen molar-refractivity contribution in [3.8, 4) is 11.5 Å². The summed E-state index contributed by atoms with van der Waals surface area (Å²) in [5.41, 5.74) is 2.39. The Morgan fingerprint density at radius 2 is 2.00 bits per heavy atom. The molecule has 1 atom stereocenters. The number of hydrogen-bond donors (Lipinski definition) is 3. The molecule has 0 bridgehead atoms. The van der Waals surface area contributed by atoms with Crippen LogP contribution in [0.25, 0.3) is 10.2 Å². The molecule has 4 heterocycles. The zero-order valence-corrected chi connectivity index (χ0v) is 25.0. The van der Waals surface area contributed by atoms with Crippen LogP contribution >= 0.6 is 35.6 Å².